The number of phenolic OH excluding ortho intramolecular Hbond substituents is 2. The number of fused-ring (bicyclic) bond motifs is 6. The Morgan fingerprint density at radius 2 is 1.10 bits per heavy atom. The van der Waals surface area contributed by atoms with Crippen molar-refractivity contribution < 1.29 is 51.1 Å². The van der Waals surface area contributed by atoms with E-state index < -0.39 is 23.1 Å². The normalized spacial score (nSPS) is 19.6. The van der Waals surface area contributed by atoms with Gasteiger partial charge in [0.15, 0.2) is 17.3 Å². The van der Waals surface area contributed by atoms with Crippen molar-refractivity contribution in [3.63, 3.8) is 0 Å². The summed E-state index contributed by atoms with van der Waals surface area (Å²) in [5.41, 5.74) is 7.23. The van der Waals surface area contributed by atoms with Gasteiger partial charge in [0.1, 0.15) is 65.4 Å². The summed E-state index contributed by atoms with van der Waals surface area (Å²) in [6.45, 7) is 7.11. The quantitative estimate of drug-likeness (QED) is 0.0901. The van der Waals surface area contributed by atoms with E-state index in [1.807, 2.05) is 19.9 Å². The van der Waals surface area contributed by atoms with E-state index >= 15 is 8.78 Å². The lowest BCUT2D eigenvalue weighted by Crippen LogP contribution is -2.59. The average molecular weight is 1130 g/mol. The molecule has 2 unspecified atom stereocenters. The third kappa shape index (κ3) is 9.60. The van der Waals surface area contributed by atoms with E-state index in [4.69, 9.17) is 29.7 Å². The Hall–Kier alpha value is -7.51. The van der Waals surface area contributed by atoms with E-state index in [9.17, 15) is 23.4 Å². The van der Waals surface area contributed by atoms with Gasteiger partial charge in [-0.1, -0.05) is 51.7 Å². The predicted octanol–water partition coefficient (Wildman–Crippen LogP) is 12.1. The van der Waals surface area contributed by atoms with Crippen molar-refractivity contribution in [2.75, 3.05) is 69.0 Å². The van der Waals surface area contributed by atoms with Crippen LogP contribution in [0.5, 0.6) is 35.0 Å². The third-order valence-corrected chi connectivity index (χ3v) is 17.6. The number of ether oxygens (including phenoxy) is 4. The number of anilines is 2. The Morgan fingerprint density at radius 3 is 1.52 bits per heavy atom. The molecule has 5 N–H and O–H groups in total. The first-order chi connectivity index (χ1) is 39.8. The number of hydrogen-bond donors (Lipinski definition) is 4. The maximum atomic E-state index is 16.8. The molecule has 0 bridgehead atoms. The summed E-state index contributed by atoms with van der Waals surface area (Å²) < 4.78 is 103. The van der Waals surface area contributed by atoms with Gasteiger partial charge >= 0.3 is 0 Å². The molecule has 4 aromatic carbocycles. The van der Waals surface area contributed by atoms with Crippen LogP contribution in [0.2, 0.25) is 0 Å². The summed E-state index contributed by atoms with van der Waals surface area (Å²) in [6, 6.07) is 15.6. The Kier molecular flexibility index (Phi) is 14.0. The Morgan fingerprint density at radius 1 is 0.622 bits per heavy atom. The molecule has 3 saturated heterocycles. The van der Waals surface area contributed by atoms with Crippen LogP contribution < -0.4 is 39.8 Å². The SMILES string of the molecule is CCc1c(F)ccc2cc(O)cc(-c3nc4c5c(cc(OCC6(CN)CC6)nc5c3F)N3CCCCCC3CO4)c12.CCc1c(F)ccc2cc(O)cc(-c3nc4c5c(cc(OCC6(F)CNC6)nc5c3F)N3CCCCCC3CO4)c12. The van der Waals surface area contributed by atoms with Gasteiger partial charge in [0.25, 0.3) is 0 Å². The van der Waals surface area contributed by atoms with Crippen LogP contribution in [0, 0.1) is 28.7 Å². The van der Waals surface area contributed by atoms with Crippen LogP contribution in [0.15, 0.2) is 60.7 Å². The van der Waals surface area contributed by atoms with Crippen molar-refractivity contribution in [3.05, 3.63) is 95.1 Å². The number of phenols is 2. The second-order valence-electron chi connectivity index (χ2n) is 23.1. The number of rotatable bonds is 11. The van der Waals surface area contributed by atoms with E-state index in [1.165, 1.54) is 30.3 Å². The van der Waals surface area contributed by atoms with Gasteiger partial charge in [-0.15, -0.1) is 0 Å². The molecule has 14 rings (SSSR count). The van der Waals surface area contributed by atoms with Crippen molar-refractivity contribution in [2.45, 2.75) is 109 Å². The molecule has 1 saturated carbocycles. The van der Waals surface area contributed by atoms with E-state index in [2.05, 4.69) is 30.1 Å². The number of halogens is 5. The molecule has 6 aliphatic rings. The molecule has 0 spiro atoms. The first-order valence-corrected chi connectivity index (χ1v) is 28.9. The molecule has 428 valence electrons. The van der Waals surface area contributed by atoms with Crippen LogP contribution in [-0.2, 0) is 12.8 Å². The minimum absolute atomic E-state index is 0.0204. The summed E-state index contributed by atoms with van der Waals surface area (Å²) in [5, 5.41) is 27.1. The largest absolute Gasteiger partial charge is 0.508 e. The number of aromatic hydroxyl groups is 2. The Balaban J connectivity index is 0.000000154. The lowest BCUT2D eigenvalue weighted by Gasteiger charge is -2.34. The van der Waals surface area contributed by atoms with Gasteiger partial charge in [0.2, 0.25) is 23.5 Å². The molecular weight excluding hydrogens is 1060 g/mol. The van der Waals surface area contributed by atoms with Crippen molar-refractivity contribution in [2.24, 2.45) is 11.1 Å². The van der Waals surface area contributed by atoms with Crippen molar-refractivity contribution in [1.29, 1.82) is 0 Å². The number of pyridine rings is 4. The van der Waals surface area contributed by atoms with Crippen molar-refractivity contribution in [3.8, 4) is 57.5 Å². The lowest BCUT2D eigenvalue weighted by atomic mass is 9.94. The molecule has 0 radical (unpaired) electrons. The molecule has 4 fully saturated rings. The first-order valence-electron chi connectivity index (χ1n) is 28.9. The number of nitrogens with zero attached hydrogens (tertiary/aromatic N) is 6. The van der Waals surface area contributed by atoms with Crippen molar-refractivity contribution >= 4 is 54.7 Å². The van der Waals surface area contributed by atoms with E-state index in [1.54, 1.807) is 24.3 Å². The van der Waals surface area contributed by atoms with Gasteiger partial charge in [-0.2, -0.15) is 0 Å². The van der Waals surface area contributed by atoms with E-state index in [-0.39, 0.29) is 100 Å². The molecule has 14 nitrogen and oxygen atoms in total. The van der Waals surface area contributed by atoms with Gasteiger partial charge in [-0.25, -0.2) is 41.9 Å². The fourth-order valence-corrected chi connectivity index (χ4v) is 12.8. The van der Waals surface area contributed by atoms with Crippen LogP contribution >= 0.6 is 0 Å². The molecular formula is C63H65F5N8O6. The maximum Gasteiger partial charge on any atom is 0.225 e. The van der Waals surface area contributed by atoms with Crippen LogP contribution in [0.25, 0.3) is 65.9 Å². The van der Waals surface area contributed by atoms with Gasteiger partial charge < -0.3 is 50.0 Å². The highest BCUT2D eigenvalue weighted by molar-refractivity contribution is 6.06. The smallest absolute Gasteiger partial charge is 0.225 e. The van der Waals surface area contributed by atoms with Crippen LogP contribution in [0.3, 0.4) is 0 Å². The minimum Gasteiger partial charge on any atom is -0.508 e. The zero-order chi connectivity index (χ0) is 56.6. The number of nitrogens with one attached hydrogen (secondary N) is 1. The molecule has 2 atom stereocenters. The molecule has 5 aliphatic heterocycles. The van der Waals surface area contributed by atoms with Gasteiger partial charge in [0, 0.05) is 61.4 Å². The van der Waals surface area contributed by atoms with Gasteiger partial charge in [-0.05, 0) is 120 Å². The summed E-state index contributed by atoms with van der Waals surface area (Å²) in [7, 11) is 0. The molecule has 8 aromatic rings. The average Bonchev–Trinajstić information content (AvgIpc) is 3.69. The predicted molar refractivity (Wildman–Crippen MR) is 305 cm³/mol. The number of alkyl halides is 1. The van der Waals surface area contributed by atoms with E-state index in [0.717, 1.165) is 83.0 Å². The number of benzene rings is 4. The summed E-state index contributed by atoms with van der Waals surface area (Å²) >= 11 is 0. The van der Waals surface area contributed by atoms with Crippen LogP contribution in [-0.4, -0.2) is 107 Å². The molecule has 0 amide bonds. The molecule has 4 aromatic heterocycles. The monoisotopic (exact) mass is 1120 g/mol. The highest BCUT2D eigenvalue weighted by Crippen LogP contribution is 2.49. The van der Waals surface area contributed by atoms with Crippen LogP contribution in [0.4, 0.5) is 33.3 Å². The highest BCUT2D eigenvalue weighted by atomic mass is 19.2. The van der Waals surface area contributed by atoms with E-state index in [0.29, 0.717) is 99.8 Å². The third-order valence-electron chi connectivity index (χ3n) is 17.6. The summed E-state index contributed by atoms with van der Waals surface area (Å²) in [4.78, 5) is 23.1. The molecule has 1 aliphatic carbocycles. The standard InChI is InChI=1S/C32H34F2N4O3.C31H31F3N4O3/c1-2-21-23(33)8-7-18-12-20(39)13-22(26(18)21)29-28(34)30-27-24(14-25(36-30)41-17-32(16-35)9-10-32)38-11-5-3-4-6-19(38)15-40-31(27)37-29;1-2-20-22(32)8-7-17-10-19(39)11-21(25(17)20)28-27(33)29-26-23(12-24(36-29)41-16-31(34)14-35-15-31)38-9-5-3-4-6-18(38)13-40-30(26)37-28/h7-8,12-14,19,39H,2-6,9-11,15-17,35H2,1H3;7-8,10-12,18,35,39H,2-6,9,13-16H2,1H3. The maximum absolute atomic E-state index is 16.8. The minimum atomic E-state index is -1.51. The fourth-order valence-electron chi connectivity index (χ4n) is 12.8. The van der Waals surface area contributed by atoms with Crippen LogP contribution in [0.1, 0.15) is 89.2 Å². The zero-order valence-electron chi connectivity index (χ0n) is 46.0. The molecule has 82 heavy (non-hydrogen) atoms. The number of nitrogens with two attached hydrogens (primary N) is 1. The summed E-state index contributed by atoms with van der Waals surface area (Å²) in [6.07, 6.45) is 10.9. The van der Waals surface area contributed by atoms with Gasteiger partial charge in [-0.3, -0.25) is 0 Å². The highest BCUT2D eigenvalue weighted by Gasteiger charge is 2.43. The molecule has 19 heteroatoms. The number of aryl methyl sites for hydroxylation is 2. The lowest BCUT2D eigenvalue weighted by molar-refractivity contribution is 0.0330. The van der Waals surface area contributed by atoms with Gasteiger partial charge in [0.05, 0.1) is 40.8 Å². The fraction of sp³-hybridized carbons (Fsp3) is 0.429. The number of aromatic nitrogens is 4. The second-order valence-corrected chi connectivity index (χ2v) is 23.1. The topological polar surface area (TPSA) is 173 Å². The Bertz CT molecular complexity index is 3610. The molecule has 9 heterocycles. The van der Waals surface area contributed by atoms with Crippen molar-refractivity contribution in [1.82, 2.24) is 25.3 Å². The second kappa shape index (κ2) is 21.4. The Labute approximate surface area is 470 Å². The summed E-state index contributed by atoms with van der Waals surface area (Å²) in [5.74, 6) is -1.43. The first kappa shape index (κ1) is 53.8. The number of hydrogen-bond acceptors (Lipinski definition) is 14. The zero-order valence-corrected chi connectivity index (χ0v) is 46.0.